The third-order valence-electron chi connectivity index (χ3n) is 3.58. The van der Waals surface area contributed by atoms with Crippen LogP contribution in [0.2, 0.25) is 0 Å². The molecule has 0 saturated carbocycles. The molecule has 2 aromatic rings. The van der Waals surface area contributed by atoms with Crippen molar-refractivity contribution in [1.29, 1.82) is 0 Å². The standard InChI is InChI=1S/C19H23NO/c1-2-3-5-8-16-11-13-18(14-12-16)19(21)20-15-17-9-6-4-7-10-17/h4,6-7,9-14H,2-3,5,8,15H2,1H3,(H,20,21). The lowest BCUT2D eigenvalue weighted by Crippen LogP contribution is -2.22. The lowest BCUT2D eigenvalue weighted by molar-refractivity contribution is 0.0951. The van der Waals surface area contributed by atoms with Crippen molar-refractivity contribution >= 4 is 5.91 Å². The van der Waals surface area contributed by atoms with Gasteiger partial charge in [0.25, 0.3) is 5.91 Å². The van der Waals surface area contributed by atoms with Crippen molar-refractivity contribution in [3.63, 3.8) is 0 Å². The minimum absolute atomic E-state index is 0.0149. The molecular formula is C19H23NO. The van der Waals surface area contributed by atoms with Gasteiger partial charge in [-0.2, -0.15) is 0 Å². The number of hydrogen-bond donors (Lipinski definition) is 1. The number of amides is 1. The molecule has 2 aromatic carbocycles. The second kappa shape index (κ2) is 8.25. The molecule has 21 heavy (non-hydrogen) atoms. The average Bonchev–Trinajstić information content (AvgIpc) is 2.54. The van der Waals surface area contributed by atoms with Crippen LogP contribution in [0.3, 0.4) is 0 Å². The molecule has 0 aliphatic heterocycles. The van der Waals surface area contributed by atoms with E-state index in [0.29, 0.717) is 6.54 Å². The zero-order valence-corrected chi connectivity index (χ0v) is 12.6. The molecule has 0 bridgehead atoms. The van der Waals surface area contributed by atoms with Crippen LogP contribution in [-0.4, -0.2) is 5.91 Å². The van der Waals surface area contributed by atoms with E-state index in [4.69, 9.17) is 0 Å². The SMILES string of the molecule is CCCCCc1ccc(C(=O)NCc2ccccc2)cc1. The van der Waals surface area contributed by atoms with Crippen LogP contribution in [0.5, 0.6) is 0 Å². The third-order valence-corrected chi connectivity index (χ3v) is 3.58. The maximum Gasteiger partial charge on any atom is 0.251 e. The van der Waals surface area contributed by atoms with Gasteiger partial charge in [0.05, 0.1) is 0 Å². The largest absolute Gasteiger partial charge is 0.348 e. The minimum atomic E-state index is -0.0149. The molecule has 0 atom stereocenters. The normalized spacial score (nSPS) is 10.3. The Hall–Kier alpha value is -2.09. The highest BCUT2D eigenvalue weighted by atomic mass is 16.1. The van der Waals surface area contributed by atoms with Crippen molar-refractivity contribution in [2.24, 2.45) is 0 Å². The highest BCUT2D eigenvalue weighted by Crippen LogP contribution is 2.09. The van der Waals surface area contributed by atoms with Crippen molar-refractivity contribution in [2.45, 2.75) is 39.2 Å². The van der Waals surface area contributed by atoms with Crippen LogP contribution in [0, 0.1) is 0 Å². The summed E-state index contributed by atoms with van der Waals surface area (Å²) in [7, 11) is 0. The number of carbonyl (C=O) groups is 1. The number of aryl methyl sites for hydroxylation is 1. The van der Waals surface area contributed by atoms with E-state index in [2.05, 4.69) is 24.4 Å². The molecule has 0 fully saturated rings. The van der Waals surface area contributed by atoms with E-state index < -0.39 is 0 Å². The van der Waals surface area contributed by atoms with Crippen molar-refractivity contribution in [1.82, 2.24) is 5.32 Å². The van der Waals surface area contributed by atoms with Crippen LogP contribution in [0.4, 0.5) is 0 Å². The molecule has 2 nitrogen and oxygen atoms in total. The Labute approximate surface area is 127 Å². The molecule has 0 aliphatic rings. The predicted molar refractivity (Wildman–Crippen MR) is 87.3 cm³/mol. The highest BCUT2D eigenvalue weighted by molar-refractivity contribution is 5.94. The molecule has 0 saturated heterocycles. The first-order chi connectivity index (χ1) is 10.3. The Bertz CT molecular complexity index is 546. The van der Waals surface area contributed by atoms with Crippen LogP contribution in [-0.2, 0) is 13.0 Å². The maximum atomic E-state index is 12.1. The van der Waals surface area contributed by atoms with Gasteiger partial charge in [0.2, 0.25) is 0 Å². The monoisotopic (exact) mass is 281 g/mol. The topological polar surface area (TPSA) is 29.1 Å². The van der Waals surface area contributed by atoms with Gasteiger partial charge in [-0.3, -0.25) is 4.79 Å². The van der Waals surface area contributed by atoms with Gasteiger partial charge in [0.1, 0.15) is 0 Å². The summed E-state index contributed by atoms with van der Waals surface area (Å²) in [4.78, 5) is 12.1. The van der Waals surface area contributed by atoms with Gasteiger partial charge in [0, 0.05) is 12.1 Å². The van der Waals surface area contributed by atoms with E-state index in [0.717, 1.165) is 17.5 Å². The number of unbranched alkanes of at least 4 members (excludes halogenated alkanes) is 2. The lowest BCUT2D eigenvalue weighted by atomic mass is 10.1. The summed E-state index contributed by atoms with van der Waals surface area (Å²) in [5, 5.41) is 2.95. The van der Waals surface area contributed by atoms with Crippen molar-refractivity contribution in [3.05, 3.63) is 71.3 Å². The predicted octanol–water partition coefficient (Wildman–Crippen LogP) is 4.35. The summed E-state index contributed by atoms with van der Waals surface area (Å²) in [5.41, 5.74) is 3.15. The Morgan fingerprint density at radius 3 is 2.29 bits per heavy atom. The zero-order valence-electron chi connectivity index (χ0n) is 12.6. The molecule has 0 aromatic heterocycles. The second-order valence-electron chi connectivity index (χ2n) is 5.32. The maximum absolute atomic E-state index is 12.1. The van der Waals surface area contributed by atoms with Crippen LogP contribution >= 0.6 is 0 Å². The molecule has 0 radical (unpaired) electrons. The van der Waals surface area contributed by atoms with Crippen LogP contribution in [0.15, 0.2) is 54.6 Å². The smallest absolute Gasteiger partial charge is 0.251 e. The summed E-state index contributed by atoms with van der Waals surface area (Å²) < 4.78 is 0. The van der Waals surface area contributed by atoms with E-state index in [1.54, 1.807) is 0 Å². The van der Waals surface area contributed by atoms with Gasteiger partial charge in [-0.05, 0) is 36.1 Å². The summed E-state index contributed by atoms with van der Waals surface area (Å²) in [5.74, 6) is -0.0149. The lowest BCUT2D eigenvalue weighted by Gasteiger charge is -2.06. The summed E-state index contributed by atoms with van der Waals surface area (Å²) in [6, 6.07) is 17.9. The third kappa shape index (κ3) is 5.07. The molecule has 1 amide bonds. The first-order valence-electron chi connectivity index (χ1n) is 7.70. The van der Waals surface area contributed by atoms with Gasteiger partial charge in [0.15, 0.2) is 0 Å². The van der Waals surface area contributed by atoms with E-state index in [9.17, 15) is 4.79 Å². The zero-order chi connectivity index (χ0) is 14.9. The summed E-state index contributed by atoms with van der Waals surface area (Å²) in [6.07, 6.45) is 4.81. The van der Waals surface area contributed by atoms with Crippen LogP contribution in [0.1, 0.15) is 47.7 Å². The van der Waals surface area contributed by atoms with Gasteiger partial charge in [-0.15, -0.1) is 0 Å². The molecule has 110 valence electrons. The quantitative estimate of drug-likeness (QED) is 0.751. The van der Waals surface area contributed by atoms with Crippen molar-refractivity contribution in [2.75, 3.05) is 0 Å². The van der Waals surface area contributed by atoms with E-state index in [1.807, 2.05) is 42.5 Å². The Kier molecular flexibility index (Phi) is 6.01. The Morgan fingerprint density at radius 2 is 1.62 bits per heavy atom. The van der Waals surface area contributed by atoms with E-state index >= 15 is 0 Å². The van der Waals surface area contributed by atoms with Crippen molar-refractivity contribution in [3.8, 4) is 0 Å². The molecule has 0 spiro atoms. The van der Waals surface area contributed by atoms with E-state index in [1.165, 1.54) is 24.8 Å². The molecule has 0 aliphatic carbocycles. The van der Waals surface area contributed by atoms with Gasteiger partial charge in [-0.25, -0.2) is 0 Å². The summed E-state index contributed by atoms with van der Waals surface area (Å²) >= 11 is 0. The highest BCUT2D eigenvalue weighted by Gasteiger charge is 2.05. The molecule has 0 unspecified atom stereocenters. The number of nitrogens with one attached hydrogen (secondary N) is 1. The molecule has 2 heteroatoms. The number of carbonyl (C=O) groups excluding carboxylic acids is 1. The van der Waals surface area contributed by atoms with E-state index in [-0.39, 0.29) is 5.91 Å². The average molecular weight is 281 g/mol. The van der Waals surface area contributed by atoms with Gasteiger partial charge in [-0.1, -0.05) is 62.2 Å². The molecule has 0 heterocycles. The van der Waals surface area contributed by atoms with Crippen LogP contribution in [0.25, 0.3) is 0 Å². The minimum Gasteiger partial charge on any atom is -0.348 e. The number of hydrogen-bond acceptors (Lipinski definition) is 1. The number of benzene rings is 2. The number of rotatable bonds is 7. The van der Waals surface area contributed by atoms with Gasteiger partial charge >= 0.3 is 0 Å². The Balaban J connectivity index is 1.85. The van der Waals surface area contributed by atoms with Crippen LogP contribution < -0.4 is 5.32 Å². The first kappa shape index (κ1) is 15.3. The Morgan fingerprint density at radius 1 is 0.905 bits per heavy atom. The first-order valence-corrected chi connectivity index (χ1v) is 7.70. The molecule has 2 rings (SSSR count). The fraction of sp³-hybridized carbons (Fsp3) is 0.316. The van der Waals surface area contributed by atoms with Gasteiger partial charge < -0.3 is 5.32 Å². The fourth-order valence-electron chi connectivity index (χ4n) is 2.28. The molecule has 1 N–H and O–H groups in total. The fourth-order valence-corrected chi connectivity index (χ4v) is 2.28. The van der Waals surface area contributed by atoms with Crippen molar-refractivity contribution < 1.29 is 4.79 Å². The second-order valence-corrected chi connectivity index (χ2v) is 5.32. The summed E-state index contributed by atoms with van der Waals surface area (Å²) in [6.45, 7) is 2.78. The molecular weight excluding hydrogens is 258 g/mol.